The topological polar surface area (TPSA) is 20.2 Å². The van der Waals surface area contributed by atoms with E-state index in [-0.39, 0.29) is 32.7 Å². The first-order valence-electron chi connectivity index (χ1n) is 3.08. The van der Waals surface area contributed by atoms with Gasteiger partial charge >= 0.3 is 0 Å². The second kappa shape index (κ2) is 11.8. The van der Waals surface area contributed by atoms with Gasteiger partial charge in [0.2, 0.25) is 0 Å². The van der Waals surface area contributed by atoms with Gasteiger partial charge < -0.3 is 17.9 Å². The van der Waals surface area contributed by atoms with Gasteiger partial charge in [-0.25, -0.2) is 25.7 Å². The molecule has 0 aromatic heterocycles. The van der Waals surface area contributed by atoms with E-state index in [1.807, 2.05) is 0 Å². The summed E-state index contributed by atoms with van der Waals surface area (Å²) in [4.78, 5) is 0. The van der Waals surface area contributed by atoms with E-state index in [1.54, 1.807) is 0 Å². The van der Waals surface area contributed by atoms with Crippen LogP contribution in [-0.4, -0.2) is 12.2 Å². The van der Waals surface area contributed by atoms with Gasteiger partial charge in [0.1, 0.15) is 0 Å². The maximum atomic E-state index is 7.00. The Bertz CT molecular complexity index is 24.4. The van der Waals surface area contributed by atoms with Crippen LogP contribution in [0.1, 0.15) is 25.7 Å². The zero-order chi connectivity index (χ0) is 6.24. The first-order valence-corrected chi connectivity index (χ1v) is 3.08. The minimum atomic E-state index is 0. The predicted octanol–water partition coefficient (Wildman–Crippen LogP) is 1.57. The molecule has 0 aliphatic heterocycles. The first-order chi connectivity index (χ1) is 4.00. The van der Waals surface area contributed by atoms with Crippen LogP contribution in [0.3, 0.4) is 0 Å². The van der Waals surface area contributed by atoms with Crippen LogP contribution >= 0.6 is 0 Å². The van der Waals surface area contributed by atoms with Crippen LogP contribution in [0.25, 0.3) is 0 Å². The maximum absolute atomic E-state index is 7.00. The van der Waals surface area contributed by atoms with E-state index < -0.39 is 0 Å². The summed E-state index contributed by atoms with van der Waals surface area (Å²) in [6, 6.07) is 0. The quantitative estimate of drug-likeness (QED) is 0.592. The fourth-order valence-corrected chi connectivity index (χ4v) is 0.760. The third kappa shape index (κ3) is 9.06. The number of hydrogen-bond donors (Lipinski definition) is 1. The predicted molar refractivity (Wildman–Crippen MR) is 35.2 cm³/mol. The molecule has 0 amide bonds. The summed E-state index contributed by atoms with van der Waals surface area (Å²) < 4.78 is 0. The third-order valence-corrected chi connectivity index (χ3v) is 1.15. The van der Waals surface area contributed by atoms with Crippen molar-refractivity contribution in [1.29, 1.82) is 0 Å². The first kappa shape index (κ1) is 12.7. The van der Waals surface area contributed by atoms with Crippen molar-refractivity contribution < 1.29 is 37.8 Å². The molecule has 1 aliphatic rings. The minimum absolute atomic E-state index is 0. The Morgan fingerprint density at radius 1 is 0.889 bits per heavy atom. The van der Waals surface area contributed by atoms with E-state index in [2.05, 4.69) is 12.8 Å². The summed E-state index contributed by atoms with van der Waals surface area (Å²) in [7, 11) is 1.00. The standard InChI is InChI=1S/C6H10.CH4O.Y/c1-2-4-6-5-3-1;1-2;/h1,6H,2-5H2;2H,1H3;/q-2;;. The summed E-state index contributed by atoms with van der Waals surface area (Å²) in [5.74, 6) is 0. The van der Waals surface area contributed by atoms with Crippen molar-refractivity contribution in [1.82, 2.24) is 0 Å². The Morgan fingerprint density at radius 3 is 1.22 bits per heavy atom. The second-order valence-electron chi connectivity index (χ2n) is 1.73. The molecule has 0 heterocycles. The largest absolute Gasteiger partial charge is 0.400 e. The molecule has 2 heteroatoms. The Hall–Kier alpha value is 1.06. The van der Waals surface area contributed by atoms with Crippen molar-refractivity contribution in [3.05, 3.63) is 12.8 Å². The van der Waals surface area contributed by atoms with Gasteiger partial charge in [-0.15, -0.1) is 0 Å². The molecule has 53 valence electrons. The SMILES string of the molecule is CO.[CH-]1CC[CH-]CC1.[Y]. The van der Waals surface area contributed by atoms with Gasteiger partial charge in [-0.05, 0) is 0 Å². The summed E-state index contributed by atoms with van der Waals surface area (Å²) >= 11 is 0. The molecule has 1 saturated carbocycles. The molecule has 0 atom stereocenters. The summed E-state index contributed by atoms with van der Waals surface area (Å²) in [6.45, 7) is 0. The molecular formula is C7H14OY-2. The molecule has 1 rings (SSSR count). The second-order valence-corrected chi connectivity index (χ2v) is 1.73. The fourth-order valence-electron chi connectivity index (χ4n) is 0.760. The van der Waals surface area contributed by atoms with Gasteiger partial charge in [0.15, 0.2) is 0 Å². The van der Waals surface area contributed by atoms with E-state index in [1.165, 1.54) is 25.7 Å². The fraction of sp³-hybridized carbons (Fsp3) is 0.714. The molecule has 1 nitrogen and oxygen atoms in total. The van der Waals surface area contributed by atoms with Crippen molar-refractivity contribution in [2.75, 3.05) is 7.11 Å². The van der Waals surface area contributed by atoms with Gasteiger partial charge in [0, 0.05) is 39.8 Å². The Balaban J connectivity index is 0. The molecule has 0 aromatic rings. The zero-order valence-electron chi connectivity index (χ0n) is 6.01. The molecule has 9 heavy (non-hydrogen) atoms. The van der Waals surface area contributed by atoms with Gasteiger partial charge in [-0.3, -0.25) is 0 Å². The third-order valence-electron chi connectivity index (χ3n) is 1.15. The average molecular weight is 203 g/mol. The number of aliphatic hydroxyl groups is 1. The van der Waals surface area contributed by atoms with E-state index in [0.29, 0.717) is 0 Å². The average Bonchev–Trinajstić information content (AvgIpc) is 1.96. The maximum Gasteiger partial charge on any atom is 0.0319 e. The number of hydrogen-bond acceptors (Lipinski definition) is 1. The molecule has 0 saturated heterocycles. The smallest absolute Gasteiger partial charge is 0.0319 e. The Kier molecular flexibility index (Phi) is 16.7. The molecule has 0 aromatic carbocycles. The molecule has 1 fully saturated rings. The molecule has 0 bridgehead atoms. The van der Waals surface area contributed by atoms with E-state index >= 15 is 0 Å². The van der Waals surface area contributed by atoms with E-state index in [4.69, 9.17) is 5.11 Å². The van der Waals surface area contributed by atoms with Crippen LogP contribution in [0.5, 0.6) is 0 Å². The van der Waals surface area contributed by atoms with Crippen LogP contribution in [0, 0.1) is 12.8 Å². The van der Waals surface area contributed by atoms with E-state index in [0.717, 1.165) is 7.11 Å². The van der Waals surface area contributed by atoms with Gasteiger partial charge in [-0.1, -0.05) is 0 Å². The van der Waals surface area contributed by atoms with Gasteiger partial charge in [0.05, 0.1) is 0 Å². The molecular weight excluding hydrogens is 189 g/mol. The number of rotatable bonds is 0. The normalized spacial score (nSPS) is 16.7. The van der Waals surface area contributed by atoms with Crippen molar-refractivity contribution in [2.24, 2.45) is 0 Å². The number of aliphatic hydroxyl groups excluding tert-OH is 1. The van der Waals surface area contributed by atoms with Gasteiger partial charge in [-0.2, -0.15) is 0 Å². The van der Waals surface area contributed by atoms with Crippen LogP contribution in [-0.2, 0) is 32.7 Å². The van der Waals surface area contributed by atoms with Crippen LogP contribution in [0.2, 0.25) is 0 Å². The summed E-state index contributed by atoms with van der Waals surface area (Å²) in [5.41, 5.74) is 0. The van der Waals surface area contributed by atoms with E-state index in [9.17, 15) is 0 Å². The van der Waals surface area contributed by atoms with Crippen molar-refractivity contribution >= 4 is 0 Å². The molecule has 1 aliphatic carbocycles. The van der Waals surface area contributed by atoms with Crippen molar-refractivity contribution in [2.45, 2.75) is 25.7 Å². The van der Waals surface area contributed by atoms with Crippen LogP contribution < -0.4 is 0 Å². The molecule has 0 spiro atoms. The summed E-state index contributed by atoms with van der Waals surface area (Å²) in [5, 5.41) is 7.00. The monoisotopic (exact) mass is 203 g/mol. The zero-order valence-corrected chi connectivity index (χ0v) is 8.85. The Morgan fingerprint density at radius 2 is 1.11 bits per heavy atom. The molecule has 0 unspecified atom stereocenters. The molecule has 1 N–H and O–H groups in total. The van der Waals surface area contributed by atoms with Gasteiger partial charge in [0.25, 0.3) is 0 Å². The van der Waals surface area contributed by atoms with Crippen molar-refractivity contribution in [3.63, 3.8) is 0 Å². The Labute approximate surface area is 83.1 Å². The van der Waals surface area contributed by atoms with Crippen molar-refractivity contribution in [3.8, 4) is 0 Å². The summed E-state index contributed by atoms with van der Waals surface area (Å²) in [6.07, 6.45) is 10.0. The minimum Gasteiger partial charge on any atom is -0.400 e. The molecule has 1 radical (unpaired) electrons. The van der Waals surface area contributed by atoms with Crippen LogP contribution in [0.4, 0.5) is 0 Å². The van der Waals surface area contributed by atoms with Crippen LogP contribution in [0.15, 0.2) is 0 Å².